The molecule has 0 spiro atoms. The predicted molar refractivity (Wildman–Crippen MR) is 155 cm³/mol. The minimum absolute atomic E-state index is 1.26. The fourth-order valence-corrected chi connectivity index (χ4v) is 5.95. The van der Waals surface area contributed by atoms with Crippen LogP contribution in [-0.2, 0) is 0 Å². The van der Waals surface area contributed by atoms with Gasteiger partial charge in [-0.2, -0.15) is 0 Å². The summed E-state index contributed by atoms with van der Waals surface area (Å²) in [4.78, 5) is 0. The number of halogens is 2. The quantitative estimate of drug-likeness (QED) is 0.170. The number of aryl methyl sites for hydroxylation is 2. The predicted octanol–water partition coefficient (Wildman–Crippen LogP) is 9.00. The molecule has 0 aromatic heterocycles. The second kappa shape index (κ2) is 8.99. The van der Waals surface area contributed by atoms with Gasteiger partial charge in [0.15, 0.2) is 0 Å². The summed E-state index contributed by atoms with van der Waals surface area (Å²) in [6, 6.07) is 30.8. The second-order valence-corrected chi connectivity index (χ2v) is 10.4. The van der Waals surface area contributed by atoms with Crippen LogP contribution in [0.15, 0.2) is 84.9 Å². The van der Waals surface area contributed by atoms with E-state index in [0.29, 0.717) is 0 Å². The number of hydrogen-bond donors (Lipinski definition) is 0. The van der Waals surface area contributed by atoms with Gasteiger partial charge in [0.25, 0.3) is 0 Å². The Labute approximate surface area is 217 Å². The van der Waals surface area contributed by atoms with Gasteiger partial charge in [-0.1, -0.05) is 84.9 Å². The zero-order valence-electron chi connectivity index (χ0n) is 18.0. The van der Waals surface area contributed by atoms with E-state index in [1.165, 1.54) is 62.8 Å². The first-order valence-electron chi connectivity index (χ1n) is 10.7. The van der Waals surface area contributed by atoms with Crippen molar-refractivity contribution in [3.8, 4) is 0 Å². The van der Waals surface area contributed by atoms with Crippen molar-refractivity contribution in [1.29, 1.82) is 0 Å². The summed E-state index contributed by atoms with van der Waals surface area (Å²) in [6.07, 6.45) is 4.56. The van der Waals surface area contributed by atoms with Gasteiger partial charge < -0.3 is 0 Å². The van der Waals surface area contributed by atoms with Gasteiger partial charge in [-0.3, -0.25) is 0 Å². The molecule has 0 fully saturated rings. The first-order chi connectivity index (χ1) is 15.6. The molecule has 0 aliphatic heterocycles. The molecular weight excluding hydrogens is 614 g/mol. The van der Waals surface area contributed by atoms with Gasteiger partial charge >= 0.3 is 0 Å². The van der Waals surface area contributed by atoms with E-state index in [4.69, 9.17) is 0 Å². The highest BCUT2D eigenvalue weighted by molar-refractivity contribution is 14.1. The van der Waals surface area contributed by atoms with Crippen LogP contribution in [0.3, 0.4) is 0 Å². The summed E-state index contributed by atoms with van der Waals surface area (Å²) < 4.78 is 2.52. The van der Waals surface area contributed by atoms with Crippen molar-refractivity contribution in [2.24, 2.45) is 0 Å². The van der Waals surface area contributed by atoms with E-state index in [2.05, 4.69) is 156 Å². The number of benzene rings is 4. The van der Waals surface area contributed by atoms with Gasteiger partial charge in [-0.15, -0.1) is 0 Å². The molecule has 5 rings (SSSR count). The van der Waals surface area contributed by atoms with Crippen LogP contribution in [0.5, 0.6) is 0 Å². The molecule has 156 valence electrons. The molecule has 0 atom stereocenters. The lowest BCUT2D eigenvalue weighted by atomic mass is 9.78. The minimum Gasteiger partial charge on any atom is -0.0616 e. The van der Waals surface area contributed by atoms with Crippen LogP contribution >= 0.6 is 45.2 Å². The average Bonchev–Trinajstić information content (AvgIpc) is 2.77. The number of hydrogen-bond acceptors (Lipinski definition) is 0. The van der Waals surface area contributed by atoms with Gasteiger partial charge in [-0.25, -0.2) is 0 Å². The van der Waals surface area contributed by atoms with Crippen molar-refractivity contribution >= 4 is 68.5 Å². The van der Waals surface area contributed by atoms with E-state index >= 15 is 0 Å². The smallest absolute Gasteiger partial charge is 0.0209 e. The van der Waals surface area contributed by atoms with Crippen LogP contribution in [0.2, 0.25) is 0 Å². The Hall–Kier alpha value is -2.18. The van der Waals surface area contributed by atoms with Gasteiger partial charge in [0.05, 0.1) is 0 Å². The second-order valence-electron chi connectivity index (χ2n) is 8.12. The average molecular weight is 636 g/mol. The molecule has 0 unspecified atom stereocenters. The highest BCUT2D eigenvalue weighted by Gasteiger charge is 2.25. The molecule has 4 aromatic rings. The lowest BCUT2D eigenvalue weighted by Gasteiger charge is -2.26. The van der Waals surface area contributed by atoms with Crippen molar-refractivity contribution in [2.45, 2.75) is 13.8 Å². The number of fused-ring (bicyclic) bond motifs is 2. The molecule has 0 heterocycles. The fraction of sp³-hybridized carbons (Fsp3) is 0.0667. The molecule has 0 saturated carbocycles. The van der Waals surface area contributed by atoms with Crippen molar-refractivity contribution < 1.29 is 0 Å². The normalized spacial score (nSPS) is 16.0. The van der Waals surface area contributed by atoms with Crippen LogP contribution in [0.4, 0.5) is 0 Å². The first kappa shape index (κ1) is 21.7. The van der Waals surface area contributed by atoms with Crippen molar-refractivity contribution in [3.63, 3.8) is 0 Å². The Morgan fingerprint density at radius 1 is 0.469 bits per heavy atom. The van der Waals surface area contributed by atoms with Crippen molar-refractivity contribution in [3.05, 3.63) is 137 Å². The lowest BCUT2D eigenvalue weighted by molar-refractivity contribution is 1.35. The van der Waals surface area contributed by atoms with Crippen LogP contribution in [0.1, 0.15) is 44.5 Å². The fourth-order valence-electron chi connectivity index (χ4n) is 4.64. The SMILES string of the molecule is Cc1cccc2c1/C(c1ccccc1I)=C(/c1ccccc1I)c1c(C)cccc1/C=C\2. The Kier molecular flexibility index (Phi) is 6.08. The van der Waals surface area contributed by atoms with E-state index in [-0.39, 0.29) is 0 Å². The maximum absolute atomic E-state index is 2.49. The Balaban J connectivity index is 2.07. The Morgan fingerprint density at radius 2 is 0.875 bits per heavy atom. The summed E-state index contributed by atoms with van der Waals surface area (Å²) in [7, 11) is 0. The third kappa shape index (κ3) is 3.77. The maximum Gasteiger partial charge on any atom is 0.0209 e. The summed E-state index contributed by atoms with van der Waals surface area (Å²) in [5, 5.41) is 0. The zero-order valence-corrected chi connectivity index (χ0v) is 22.3. The first-order valence-corrected chi connectivity index (χ1v) is 12.8. The molecule has 32 heavy (non-hydrogen) atoms. The summed E-state index contributed by atoms with van der Waals surface area (Å²) in [5.74, 6) is 0. The highest BCUT2D eigenvalue weighted by atomic mass is 127. The van der Waals surface area contributed by atoms with Gasteiger partial charge in [0, 0.05) is 7.14 Å². The van der Waals surface area contributed by atoms with E-state index < -0.39 is 0 Å². The summed E-state index contributed by atoms with van der Waals surface area (Å²) >= 11 is 4.98. The maximum atomic E-state index is 2.49. The van der Waals surface area contributed by atoms with Gasteiger partial charge in [0.1, 0.15) is 0 Å². The van der Waals surface area contributed by atoms with Crippen molar-refractivity contribution in [1.82, 2.24) is 0 Å². The largest absolute Gasteiger partial charge is 0.0616 e. The van der Waals surface area contributed by atoms with Gasteiger partial charge in [0.2, 0.25) is 0 Å². The third-order valence-corrected chi connectivity index (χ3v) is 7.97. The summed E-state index contributed by atoms with van der Waals surface area (Å²) in [6.45, 7) is 4.47. The van der Waals surface area contributed by atoms with E-state index in [9.17, 15) is 0 Å². The third-order valence-electron chi connectivity index (χ3n) is 6.09. The molecule has 4 aromatic carbocycles. The molecular formula is C30H22I2. The molecule has 0 N–H and O–H groups in total. The molecule has 0 bridgehead atoms. The lowest BCUT2D eigenvalue weighted by Crippen LogP contribution is -2.07. The Morgan fingerprint density at radius 3 is 1.28 bits per heavy atom. The van der Waals surface area contributed by atoms with Gasteiger partial charge in [-0.05, 0) is 127 Å². The van der Waals surface area contributed by atoms with Crippen LogP contribution in [0.25, 0.3) is 23.3 Å². The molecule has 0 radical (unpaired) electrons. The van der Waals surface area contributed by atoms with E-state index in [1.54, 1.807) is 0 Å². The molecule has 0 nitrogen and oxygen atoms in total. The van der Waals surface area contributed by atoms with Crippen LogP contribution < -0.4 is 0 Å². The number of rotatable bonds is 2. The molecule has 0 saturated heterocycles. The minimum atomic E-state index is 1.26. The molecule has 0 amide bonds. The summed E-state index contributed by atoms with van der Waals surface area (Å²) in [5.41, 5.74) is 12.9. The molecule has 1 aliphatic carbocycles. The standard InChI is InChI=1S/C30H22I2/c1-19-9-7-11-21-17-18-22-12-8-10-20(2)28(22)30(24-14-4-6-16-26(24)32)29(27(19)21)23-13-3-5-15-25(23)31/h3-18H,1-2H3/b18-17-,21-17?,22-18?,29-27?,30-28?,30-29-. The highest BCUT2D eigenvalue weighted by Crippen LogP contribution is 2.45. The van der Waals surface area contributed by atoms with E-state index in [1.807, 2.05) is 0 Å². The zero-order chi connectivity index (χ0) is 22.2. The molecule has 1 aliphatic rings. The Bertz CT molecular complexity index is 1300. The van der Waals surface area contributed by atoms with E-state index in [0.717, 1.165) is 0 Å². The van der Waals surface area contributed by atoms with Crippen LogP contribution in [-0.4, -0.2) is 0 Å². The topological polar surface area (TPSA) is 0 Å². The van der Waals surface area contributed by atoms with Crippen LogP contribution in [0, 0.1) is 21.0 Å². The monoisotopic (exact) mass is 636 g/mol. The van der Waals surface area contributed by atoms with Crippen molar-refractivity contribution in [2.75, 3.05) is 0 Å². The molecule has 2 heteroatoms.